The van der Waals surface area contributed by atoms with Gasteiger partial charge in [0.05, 0.1) is 5.92 Å². The maximum absolute atomic E-state index is 12.7. The lowest BCUT2D eigenvalue weighted by molar-refractivity contribution is -0.139. The Labute approximate surface area is 184 Å². The van der Waals surface area contributed by atoms with Crippen LogP contribution in [0.1, 0.15) is 35.7 Å². The van der Waals surface area contributed by atoms with E-state index < -0.39 is 27.8 Å². The average molecular weight is 459 g/mol. The number of amides is 1. The number of sulfonamides is 1. The van der Waals surface area contributed by atoms with Crippen LogP contribution in [0, 0.1) is 5.92 Å². The lowest BCUT2D eigenvalue weighted by Gasteiger charge is -2.17. The fourth-order valence-electron chi connectivity index (χ4n) is 3.17. The van der Waals surface area contributed by atoms with E-state index in [1.807, 2.05) is 13.8 Å². The van der Waals surface area contributed by atoms with Gasteiger partial charge in [-0.2, -0.15) is 0 Å². The van der Waals surface area contributed by atoms with Crippen molar-refractivity contribution in [3.8, 4) is 0 Å². The topological polar surface area (TPSA) is 113 Å². The Hall–Kier alpha value is -3.17. The van der Waals surface area contributed by atoms with Crippen LogP contribution in [-0.2, 0) is 14.8 Å². The second-order valence-electron chi connectivity index (χ2n) is 7.26. The molecule has 3 N–H and O–H groups in total. The molecule has 0 bridgehead atoms. The van der Waals surface area contributed by atoms with Crippen LogP contribution < -0.4 is 10.0 Å². The van der Waals surface area contributed by atoms with E-state index in [2.05, 4.69) is 10.0 Å². The van der Waals surface area contributed by atoms with Gasteiger partial charge in [0, 0.05) is 16.9 Å². The molecule has 0 saturated carbocycles. The molecule has 1 heterocycles. The molecule has 3 aromatic rings. The molecule has 0 aliphatic rings. The number of thiophene rings is 1. The Kier molecular flexibility index (Phi) is 6.77. The van der Waals surface area contributed by atoms with Crippen molar-refractivity contribution in [1.82, 2.24) is 0 Å². The molecule has 9 heteroatoms. The van der Waals surface area contributed by atoms with Gasteiger partial charge >= 0.3 is 5.97 Å². The van der Waals surface area contributed by atoms with Gasteiger partial charge in [-0.15, -0.1) is 11.3 Å². The molecule has 3 rings (SSSR count). The summed E-state index contributed by atoms with van der Waals surface area (Å²) in [5.41, 5.74) is 1.58. The number of carbonyl (C=O) groups excluding carboxylic acids is 1. The standard InChI is InChI=1S/C22H22N2O5S2/c1-14(2)20(22(26)27)15-6-3-8-17(12-15)23-21(25)16-7-4-9-18(13-16)24-31(28,29)19-10-5-11-30-19/h3-14,20,24H,1-2H3,(H,23,25)(H,26,27). The zero-order valence-electron chi connectivity index (χ0n) is 16.9. The number of hydrogen-bond acceptors (Lipinski definition) is 5. The summed E-state index contributed by atoms with van der Waals surface area (Å²) < 4.78 is 27.4. The van der Waals surface area contributed by atoms with Crippen molar-refractivity contribution >= 4 is 44.6 Å². The maximum Gasteiger partial charge on any atom is 0.311 e. The third-order valence-corrected chi connectivity index (χ3v) is 7.35. The van der Waals surface area contributed by atoms with Crippen LogP contribution in [0.4, 0.5) is 11.4 Å². The molecule has 7 nitrogen and oxygen atoms in total. The second-order valence-corrected chi connectivity index (χ2v) is 10.1. The minimum Gasteiger partial charge on any atom is -0.481 e. The molecule has 0 aliphatic carbocycles. The van der Waals surface area contributed by atoms with Crippen LogP contribution in [0.2, 0.25) is 0 Å². The van der Waals surface area contributed by atoms with Crippen LogP contribution in [0.3, 0.4) is 0 Å². The molecule has 0 fully saturated rings. The average Bonchev–Trinajstić information content (AvgIpc) is 3.23. The molecule has 0 aliphatic heterocycles. The minimum absolute atomic E-state index is 0.114. The number of aliphatic carboxylic acids is 1. The molecular formula is C22H22N2O5S2. The molecule has 1 aromatic heterocycles. The summed E-state index contributed by atoms with van der Waals surface area (Å²) in [6.07, 6.45) is 0. The molecule has 1 amide bonds. The summed E-state index contributed by atoms with van der Waals surface area (Å²) >= 11 is 1.10. The van der Waals surface area contributed by atoms with Crippen molar-refractivity contribution in [2.24, 2.45) is 5.92 Å². The van der Waals surface area contributed by atoms with Gasteiger partial charge in [0.1, 0.15) is 4.21 Å². The van der Waals surface area contributed by atoms with Gasteiger partial charge in [-0.25, -0.2) is 8.42 Å². The lowest BCUT2D eigenvalue weighted by atomic mass is 9.88. The van der Waals surface area contributed by atoms with Crippen molar-refractivity contribution in [2.75, 3.05) is 10.0 Å². The Morgan fingerprint density at radius 3 is 2.32 bits per heavy atom. The number of carboxylic acid groups (broad SMARTS) is 1. The van der Waals surface area contributed by atoms with Crippen LogP contribution in [0.25, 0.3) is 0 Å². The summed E-state index contributed by atoms with van der Waals surface area (Å²) in [4.78, 5) is 24.3. The summed E-state index contributed by atoms with van der Waals surface area (Å²) in [5, 5.41) is 13.9. The van der Waals surface area contributed by atoms with Gasteiger partial charge in [0.25, 0.3) is 15.9 Å². The van der Waals surface area contributed by atoms with E-state index in [4.69, 9.17) is 0 Å². The first-order chi connectivity index (χ1) is 14.7. The molecule has 31 heavy (non-hydrogen) atoms. The second kappa shape index (κ2) is 9.32. The predicted octanol–water partition coefficient (Wildman–Crippen LogP) is 4.63. The highest BCUT2D eigenvalue weighted by Gasteiger charge is 2.24. The normalized spacial score (nSPS) is 12.4. The summed E-state index contributed by atoms with van der Waals surface area (Å²) in [6.45, 7) is 3.65. The van der Waals surface area contributed by atoms with E-state index in [1.165, 1.54) is 12.1 Å². The first-order valence-electron chi connectivity index (χ1n) is 9.48. The number of hydrogen-bond donors (Lipinski definition) is 3. The summed E-state index contributed by atoms with van der Waals surface area (Å²) in [6, 6.07) is 16.0. The monoisotopic (exact) mass is 458 g/mol. The van der Waals surface area contributed by atoms with E-state index in [-0.39, 0.29) is 21.4 Å². The molecule has 0 radical (unpaired) electrons. The van der Waals surface area contributed by atoms with Gasteiger partial charge in [0.15, 0.2) is 0 Å². The quantitative estimate of drug-likeness (QED) is 0.456. The maximum atomic E-state index is 12.7. The Bertz CT molecular complexity index is 1190. The zero-order chi connectivity index (χ0) is 22.6. The summed E-state index contributed by atoms with van der Waals surface area (Å²) in [5.74, 6) is -2.17. The third-order valence-electron chi connectivity index (χ3n) is 4.57. The number of carbonyl (C=O) groups is 2. The number of anilines is 2. The van der Waals surface area contributed by atoms with Crippen LogP contribution in [0.15, 0.2) is 70.3 Å². The number of nitrogens with one attached hydrogen (secondary N) is 2. The minimum atomic E-state index is -3.72. The predicted molar refractivity (Wildman–Crippen MR) is 121 cm³/mol. The molecule has 0 saturated heterocycles. The first-order valence-corrected chi connectivity index (χ1v) is 11.8. The van der Waals surface area contributed by atoms with E-state index >= 15 is 0 Å². The lowest BCUT2D eigenvalue weighted by Crippen LogP contribution is -2.18. The van der Waals surface area contributed by atoms with Crippen LogP contribution in [-0.4, -0.2) is 25.4 Å². The van der Waals surface area contributed by atoms with Gasteiger partial charge in [-0.05, 0) is 53.3 Å². The Morgan fingerprint density at radius 1 is 0.968 bits per heavy atom. The van der Waals surface area contributed by atoms with E-state index in [0.29, 0.717) is 11.3 Å². The van der Waals surface area contributed by atoms with Crippen molar-refractivity contribution in [2.45, 2.75) is 24.0 Å². The third kappa shape index (κ3) is 5.50. The molecular weight excluding hydrogens is 436 g/mol. The highest BCUT2D eigenvalue weighted by Crippen LogP contribution is 2.27. The van der Waals surface area contributed by atoms with Gasteiger partial charge in [-0.1, -0.05) is 38.1 Å². The molecule has 0 spiro atoms. The van der Waals surface area contributed by atoms with E-state index in [0.717, 1.165) is 11.3 Å². The van der Waals surface area contributed by atoms with Crippen LogP contribution in [0.5, 0.6) is 0 Å². The molecule has 162 valence electrons. The van der Waals surface area contributed by atoms with Gasteiger partial charge in [0.2, 0.25) is 0 Å². The Balaban J connectivity index is 1.78. The van der Waals surface area contributed by atoms with E-state index in [1.54, 1.807) is 53.9 Å². The molecule has 1 atom stereocenters. The van der Waals surface area contributed by atoms with Gasteiger partial charge < -0.3 is 10.4 Å². The molecule has 1 unspecified atom stereocenters. The Morgan fingerprint density at radius 2 is 1.68 bits per heavy atom. The van der Waals surface area contributed by atoms with Crippen molar-refractivity contribution in [1.29, 1.82) is 0 Å². The number of benzene rings is 2. The molecule has 2 aromatic carbocycles. The van der Waals surface area contributed by atoms with Crippen LogP contribution >= 0.6 is 11.3 Å². The van der Waals surface area contributed by atoms with Crippen molar-refractivity contribution < 1.29 is 23.1 Å². The zero-order valence-corrected chi connectivity index (χ0v) is 18.5. The van der Waals surface area contributed by atoms with Gasteiger partial charge in [-0.3, -0.25) is 14.3 Å². The number of rotatable bonds is 8. The SMILES string of the molecule is CC(C)C(C(=O)O)c1cccc(NC(=O)c2cccc(NS(=O)(=O)c3cccs3)c2)c1. The van der Waals surface area contributed by atoms with E-state index in [9.17, 15) is 23.1 Å². The smallest absolute Gasteiger partial charge is 0.311 e. The van der Waals surface area contributed by atoms with Crippen molar-refractivity contribution in [3.63, 3.8) is 0 Å². The first kappa shape index (κ1) is 22.5. The number of carboxylic acids is 1. The largest absolute Gasteiger partial charge is 0.481 e. The summed E-state index contributed by atoms with van der Waals surface area (Å²) in [7, 11) is -3.72. The van der Waals surface area contributed by atoms with Crippen molar-refractivity contribution in [3.05, 3.63) is 77.2 Å². The fraction of sp³-hybridized carbons (Fsp3) is 0.182. The highest BCUT2D eigenvalue weighted by atomic mass is 32.2. The fourth-order valence-corrected chi connectivity index (χ4v) is 5.21. The highest BCUT2D eigenvalue weighted by molar-refractivity contribution is 7.94.